The number of aliphatic hydroxyl groups excluding tert-OH is 1. The van der Waals surface area contributed by atoms with Crippen LogP contribution in [0.1, 0.15) is 0 Å². The largest absolute Gasteiger partial charge is 1.00 e. The van der Waals surface area contributed by atoms with Crippen LogP contribution in [0, 0.1) is 0 Å². The quantitative estimate of drug-likeness (QED) is 0.316. The molecule has 1 N–H and O–H groups in total. The van der Waals surface area contributed by atoms with Crippen molar-refractivity contribution in [1.29, 1.82) is 0 Å². The van der Waals surface area contributed by atoms with Crippen LogP contribution in [0.15, 0.2) is 0 Å². The molecule has 0 unspecified atom stereocenters. The van der Waals surface area contributed by atoms with Crippen molar-refractivity contribution in [3.05, 3.63) is 0 Å². The molecule has 0 spiro atoms. The molecule has 0 atom stereocenters. The van der Waals surface area contributed by atoms with E-state index < -0.39 is 22.5 Å². The monoisotopic (exact) mass is 148 g/mol. The van der Waals surface area contributed by atoms with Gasteiger partial charge in [-0.3, -0.25) is 0 Å². The van der Waals surface area contributed by atoms with Gasteiger partial charge < -0.3 is 9.66 Å². The Labute approximate surface area is 69.9 Å². The number of aliphatic hydroxyl groups is 1. The molecule has 0 aliphatic carbocycles. The summed E-state index contributed by atoms with van der Waals surface area (Å²) in [5.41, 5.74) is 0. The summed E-state index contributed by atoms with van der Waals surface area (Å²) in [6, 6.07) is 0. The van der Waals surface area contributed by atoms with E-state index in [9.17, 15) is 13.0 Å². The van der Waals surface area contributed by atoms with Crippen molar-refractivity contribution >= 4 is 10.1 Å². The Kier molecular flexibility index (Phi) is 6.87. The molecule has 8 heavy (non-hydrogen) atoms. The van der Waals surface area contributed by atoms with E-state index >= 15 is 0 Å². The van der Waals surface area contributed by atoms with Crippen molar-refractivity contribution in [2.24, 2.45) is 0 Å². The zero-order valence-corrected chi connectivity index (χ0v) is 7.31. The summed E-state index contributed by atoms with van der Waals surface area (Å²) in [5, 5.41) is 7.82. The molecule has 0 amide bonds. The van der Waals surface area contributed by atoms with Gasteiger partial charge in [-0.05, 0) is 0 Å². The second kappa shape index (κ2) is 4.72. The van der Waals surface area contributed by atoms with E-state index in [0.717, 1.165) is 0 Å². The van der Waals surface area contributed by atoms with Crippen LogP contribution in [0.3, 0.4) is 0 Å². The van der Waals surface area contributed by atoms with Crippen LogP contribution < -0.4 is 29.6 Å². The van der Waals surface area contributed by atoms with Gasteiger partial charge in [0.25, 0.3) is 0 Å². The molecule has 0 aliphatic heterocycles. The number of hydrogen-bond acceptors (Lipinski definition) is 4. The average Bonchev–Trinajstić information content (AvgIpc) is 1.30. The van der Waals surface area contributed by atoms with Gasteiger partial charge in [-0.15, -0.1) is 0 Å². The smallest absolute Gasteiger partial charge is 0.748 e. The topological polar surface area (TPSA) is 77.4 Å². The number of hydrogen-bond donors (Lipinski definition) is 1. The minimum absolute atomic E-state index is 0. The van der Waals surface area contributed by atoms with Gasteiger partial charge in [0.05, 0.1) is 22.5 Å². The van der Waals surface area contributed by atoms with Crippen LogP contribution in [-0.4, -0.2) is 30.4 Å². The Hall–Kier alpha value is 0.870. The van der Waals surface area contributed by atoms with E-state index in [1.807, 2.05) is 0 Å². The minimum atomic E-state index is -4.17. The van der Waals surface area contributed by atoms with Gasteiger partial charge in [-0.2, -0.15) is 0 Å². The first-order chi connectivity index (χ1) is 3.06. The van der Waals surface area contributed by atoms with Crippen LogP contribution in [0.2, 0.25) is 0 Å². The zero-order valence-electron chi connectivity index (χ0n) is 4.49. The first-order valence-electron chi connectivity index (χ1n) is 1.60. The summed E-state index contributed by atoms with van der Waals surface area (Å²) in [6.07, 6.45) is 0. The molecule has 0 bridgehead atoms. The molecule has 44 valence electrons. The minimum Gasteiger partial charge on any atom is -0.748 e. The standard InChI is InChI=1S/C2H6O4S.Na/c3-1-2-7(4,5)6;/h3H,1-2H2,(H,4,5,6);/q;+1/p-1. The Bertz CT molecular complexity index is 127. The molecule has 6 heteroatoms. The summed E-state index contributed by atoms with van der Waals surface area (Å²) in [6.45, 7) is -0.591. The third kappa shape index (κ3) is 9.98. The van der Waals surface area contributed by atoms with Gasteiger partial charge in [-0.1, -0.05) is 0 Å². The van der Waals surface area contributed by atoms with Crippen molar-refractivity contribution in [3.63, 3.8) is 0 Å². The van der Waals surface area contributed by atoms with E-state index in [0.29, 0.717) is 0 Å². The molecule has 0 rings (SSSR count). The predicted molar refractivity (Wildman–Crippen MR) is 21.6 cm³/mol. The SMILES string of the molecule is O=S(=O)([O-])CCO.[Na+]. The van der Waals surface area contributed by atoms with E-state index in [4.69, 9.17) is 5.11 Å². The first-order valence-corrected chi connectivity index (χ1v) is 3.18. The summed E-state index contributed by atoms with van der Waals surface area (Å²) in [5.74, 6) is -0.688. The molecule has 0 aromatic rings. The summed E-state index contributed by atoms with van der Waals surface area (Å²) < 4.78 is 28.5. The van der Waals surface area contributed by atoms with Crippen LogP contribution in [0.4, 0.5) is 0 Å². The van der Waals surface area contributed by atoms with E-state index in [-0.39, 0.29) is 29.6 Å². The van der Waals surface area contributed by atoms with Gasteiger partial charge in [0, 0.05) is 0 Å². The second-order valence-corrected chi connectivity index (χ2v) is 2.51. The Balaban J connectivity index is 0. The molecule has 0 saturated heterocycles. The molecule has 0 aromatic heterocycles. The van der Waals surface area contributed by atoms with E-state index in [1.54, 1.807) is 0 Å². The van der Waals surface area contributed by atoms with Crippen molar-refractivity contribution in [1.82, 2.24) is 0 Å². The maximum atomic E-state index is 9.52. The maximum absolute atomic E-state index is 9.52. The fourth-order valence-electron chi connectivity index (χ4n) is 0.112. The fraction of sp³-hybridized carbons (Fsp3) is 1.00. The fourth-order valence-corrected chi connectivity index (χ4v) is 0.335. The van der Waals surface area contributed by atoms with Gasteiger partial charge in [0.15, 0.2) is 0 Å². The molecule has 0 heterocycles. The van der Waals surface area contributed by atoms with Crippen molar-refractivity contribution in [3.8, 4) is 0 Å². The van der Waals surface area contributed by atoms with Crippen LogP contribution >= 0.6 is 0 Å². The third-order valence-corrected chi connectivity index (χ3v) is 1.02. The molecule has 0 saturated carbocycles. The van der Waals surface area contributed by atoms with E-state index in [1.165, 1.54) is 0 Å². The average molecular weight is 148 g/mol. The van der Waals surface area contributed by atoms with Crippen LogP contribution in [0.25, 0.3) is 0 Å². The second-order valence-electron chi connectivity index (χ2n) is 0.985. The normalized spacial score (nSPS) is 10.2. The van der Waals surface area contributed by atoms with Crippen LogP contribution in [0.5, 0.6) is 0 Å². The Morgan fingerprint density at radius 3 is 1.88 bits per heavy atom. The molecule has 0 aliphatic rings. The van der Waals surface area contributed by atoms with Gasteiger partial charge >= 0.3 is 29.6 Å². The summed E-state index contributed by atoms with van der Waals surface area (Å²) in [7, 11) is -4.17. The molecule has 0 fully saturated rings. The summed E-state index contributed by atoms with van der Waals surface area (Å²) >= 11 is 0. The van der Waals surface area contributed by atoms with Gasteiger partial charge in [0.1, 0.15) is 0 Å². The first kappa shape index (κ1) is 11.6. The number of rotatable bonds is 2. The predicted octanol–water partition coefficient (Wildman–Crippen LogP) is -4.47. The Morgan fingerprint density at radius 1 is 1.50 bits per heavy atom. The molecule has 0 aromatic carbocycles. The molecular weight excluding hydrogens is 143 g/mol. The van der Waals surface area contributed by atoms with Crippen molar-refractivity contribution < 1.29 is 47.6 Å². The molecule has 4 nitrogen and oxygen atoms in total. The Morgan fingerprint density at radius 2 is 1.88 bits per heavy atom. The van der Waals surface area contributed by atoms with Gasteiger partial charge in [0.2, 0.25) is 0 Å². The summed E-state index contributed by atoms with van der Waals surface area (Å²) in [4.78, 5) is 0. The molecule has 0 radical (unpaired) electrons. The molecular formula is C2H5NaO4S. The van der Waals surface area contributed by atoms with Gasteiger partial charge in [-0.25, -0.2) is 8.42 Å². The zero-order chi connectivity index (χ0) is 5.91. The van der Waals surface area contributed by atoms with Crippen molar-refractivity contribution in [2.45, 2.75) is 0 Å². The third-order valence-electron chi connectivity index (χ3n) is 0.341. The van der Waals surface area contributed by atoms with Crippen molar-refractivity contribution in [2.75, 3.05) is 12.4 Å². The maximum Gasteiger partial charge on any atom is 1.00 e. The van der Waals surface area contributed by atoms with Crippen LogP contribution in [-0.2, 0) is 10.1 Å². The van der Waals surface area contributed by atoms with E-state index in [2.05, 4.69) is 0 Å².